The number of aryl methyl sites for hydroxylation is 5. The lowest BCUT2D eigenvalue weighted by Gasteiger charge is -2.15. The van der Waals surface area contributed by atoms with Gasteiger partial charge in [-0.1, -0.05) is 6.07 Å². The molecule has 0 bridgehead atoms. The van der Waals surface area contributed by atoms with Crippen molar-refractivity contribution in [2.24, 2.45) is 0 Å². The Morgan fingerprint density at radius 3 is 2.80 bits per heavy atom. The first-order valence-corrected chi connectivity index (χ1v) is 7.47. The Balaban J connectivity index is 1.77. The number of benzene rings is 1. The normalized spacial score (nSPS) is 14.3. The second-order valence-electron chi connectivity index (χ2n) is 5.85. The van der Waals surface area contributed by atoms with E-state index in [4.69, 9.17) is 0 Å². The van der Waals surface area contributed by atoms with Gasteiger partial charge in [-0.15, -0.1) is 0 Å². The molecule has 106 valence electrons. The van der Waals surface area contributed by atoms with Gasteiger partial charge in [-0.2, -0.15) is 0 Å². The average molecular weight is 270 g/mol. The van der Waals surface area contributed by atoms with Crippen molar-refractivity contribution in [2.45, 2.75) is 52.5 Å². The van der Waals surface area contributed by atoms with Crippen LogP contribution in [0.25, 0.3) is 0 Å². The molecule has 1 aromatic carbocycles. The van der Waals surface area contributed by atoms with Gasteiger partial charge >= 0.3 is 0 Å². The summed E-state index contributed by atoms with van der Waals surface area (Å²) in [6, 6.07) is 3.97. The molecule has 20 heavy (non-hydrogen) atoms. The van der Waals surface area contributed by atoms with Crippen molar-refractivity contribution >= 4 is 0 Å². The van der Waals surface area contributed by atoms with Crippen LogP contribution in [0.3, 0.4) is 0 Å². The van der Waals surface area contributed by atoms with E-state index >= 15 is 0 Å². The van der Waals surface area contributed by atoms with Crippen LogP contribution >= 0.6 is 0 Å². The first-order chi connectivity index (χ1) is 9.65. The van der Waals surface area contributed by atoms with Gasteiger partial charge in [0, 0.05) is 12.2 Å². The summed E-state index contributed by atoms with van der Waals surface area (Å²) in [5.41, 5.74) is 6.18. The summed E-state index contributed by atoms with van der Waals surface area (Å²) in [6.45, 7) is 5.00. The first-order valence-electron chi connectivity index (χ1n) is 7.47. The Morgan fingerprint density at radius 1 is 1.15 bits per heavy atom. The van der Waals surface area contributed by atoms with Crippen molar-refractivity contribution < 1.29 is 5.11 Å². The fourth-order valence-electron chi connectivity index (χ4n) is 3.09. The van der Waals surface area contributed by atoms with E-state index in [0.717, 1.165) is 24.9 Å². The van der Waals surface area contributed by atoms with Crippen molar-refractivity contribution in [1.82, 2.24) is 9.55 Å². The summed E-state index contributed by atoms with van der Waals surface area (Å²) in [6.07, 6.45) is 7.87. The summed E-state index contributed by atoms with van der Waals surface area (Å²) in [5.74, 6) is 0.395. The molecule has 1 N–H and O–H groups in total. The molecule has 0 unspecified atom stereocenters. The Labute approximate surface area is 120 Å². The van der Waals surface area contributed by atoms with E-state index < -0.39 is 0 Å². The summed E-state index contributed by atoms with van der Waals surface area (Å²) in [5, 5.41) is 9.72. The van der Waals surface area contributed by atoms with Crippen molar-refractivity contribution in [3.05, 3.63) is 46.5 Å². The lowest BCUT2D eigenvalue weighted by atomic mass is 10.00. The van der Waals surface area contributed by atoms with Gasteiger partial charge < -0.3 is 9.67 Å². The molecule has 1 aliphatic carbocycles. The van der Waals surface area contributed by atoms with Gasteiger partial charge in [0.15, 0.2) is 0 Å². The van der Waals surface area contributed by atoms with Crippen LogP contribution in [0.2, 0.25) is 0 Å². The number of nitrogens with zero attached hydrogens (tertiary/aromatic N) is 2. The SMILES string of the molecule is Cc1cc(CCn2cnc3c2CCCC3)c(C)cc1O. The van der Waals surface area contributed by atoms with Crippen molar-refractivity contribution in [1.29, 1.82) is 0 Å². The number of hydrogen-bond acceptors (Lipinski definition) is 2. The van der Waals surface area contributed by atoms with Gasteiger partial charge in [-0.3, -0.25) is 0 Å². The standard InChI is InChI=1S/C17H22N2O/c1-12-10-17(20)13(2)9-14(12)7-8-19-11-18-15-5-3-4-6-16(15)19/h9-11,20H,3-8H2,1-2H3. The van der Waals surface area contributed by atoms with Crippen LogP contribution < -0.4 is 0 Å². The fourth-order valence-corrected chi connectivity index (χ4v) is 3.09. The van der Waals surface area contributed by atoms with Crippen LogP contribution in [0.4, 0.5) is 0 Å². The maximum atomic E-state index is 9.72. The molecule has 0 fully saturated rings. The minimum atomic E-state index is 0.395. The van der Waals surface area contributed by atoms with Crippen LogP contribution in [0.15, 0.2) is 18.5 Å². The van der Waals surface area contributed by atoms with Gasteiger partial charge in [0.05, 0.1) is 12.0 Å². The molecule has 0 saturated carbocycles. The molecular weight excluding hydrogens is 248 g/mol. The fraction of sp³-hybridized carbons (Fsp3) is 0.471. The summed E-state index contributed by atoms with van der Waals surface area (Å²) >= 11 is 0. The Kier molecular flexibility index (Phi) is 3.51. The second kappa shape index (κ2) is 5.31. The minimum Gasteiger partial charge on any atom is -0.508 e. The predicted molar refractivity (Wildman–Crippen MR) is 80.2 cm³/mol. The van der Waals surface area contributed by atoms with Crippen LogP contribution in [0.1, 0.15) is 40.9 Å². The van der Waals surface area contributed by atoms with Gasteiger partial charge in [0.25, 0.3) is 0 Å². The highest BCUT2D eigenvalue weighted by atomic mass is 16.3. The molecule has 2 aromatic rings. The number of imidazole rings is 1. The number of phenols is 1. The Morgan fingerprint density at radius 2 is 1.95 bits per heavy atom. The lowest BCUT2D eigenvalue weighted by molar-refractivity contribution is 0.470. The third kappa shape index (κ3) is 2.45. The van der Waals surface area contributed by atoms with Crippen LogP contribution in [0, 0.1) is 13.8 Å². The van der Waals surface area contributed by atoms with Crippen molar-refractivity contribution in [3.63, 3.8) is 0 Å². The lowest BCUT2D eigenvalue weighted by Crippen LogP contribution is -2.10. The highest BCUT2D eigenvalue weighted by molar-refractivity contribution is 5.40. The topological polar surface area (TPSA) is 38.0 Å². The number of phenolic OH excluding ortho intramolecular Hbond substituents is 1. The summed E-state index contributed by atoms with van der Waals surface area (Å²) < 4.78 is 2.32. The van der Waals surface area contributed by atoms with E-state index in [0.29, 0.717) is 5.75 Å². The Bertz CT molecular complexity index is 628. The molecule has 0 spiro atoms. The zero-order valence-corrected chi connectivity index (χ0v) is 12.3. The smallest absolute Gasteiger partial charge is 0.118 e. The molecule has 3 rings (SSSR count). The van der Waals surface area contributed by atoms with E-state index in [1.165, 1.54) is 41.8 Å². The molecule has 3 heteroatoms. The number of fused-ring (bicyclic) bond motifs is 1. The molecule has 1 aromatic heterocycles. The van der Waals surface area contributed by atoms with Crippen LogP contribution in [-0.4, -0.2) is 14.7 Å². The molecule has 0 aliphatic heterocycles. The van der Waals surface area contributed by atoms with E-state index in [1.54, 1.807) is 0 Å². The highest BCUT2D eigenvalue weighted by Gasteiger charge is 2.15. The largest absolute Gasteiger partial charge is 0.508 e. The average Bonchev–Trinajstić information content (AvgIpc) is 2.85. The second-order valence-corrected chi connectivity index (χ2v) is 5.85. The molecule has 3 nitrogen and oxygen atoms in total. The van der Waals surface area contributed by atoms with E-state index in [2.05, 4.69) is 22.5 Å². The number of hydrogen-bond donors (Lipinski definition) is 1. The molecule has 0 atom stereocenters. The zero-order chi connectivity index (χ0) is 14.1. The molecule has 1 heterocycles. The molecule has 0 amide bonds. The minimum absolute atomic E-state index is 0.395. The Hall–Kier alpha value is -1.77. The van der Waals surface area contributed by atoms with Crippen molar-refractivity contribution in [3.8, 4) is 5.75 Å². The highest BCUT2D eigenvalue weighted by Crippen LogP contribution is 2.23. The van der Waals surface area contributed by atoms with Crippen molar-refractivity contribution in [2.75, 3.05) is 0 Å². The molecule has 0 saturated heterocycles. The van der Waals surface area contributed by atoms with E-state index in [1.807, 2.05) is 19.3 Å². The monoisotopic (exact) mass is 270 g/mol. The van der Waals surface area contributed by atoms with E-state index in [-0.39, 0.29) is 0 Å². The van der Waals surface area contributed by atoms with Gasteiger partial charge in [0.1, 0.15) is 5.75 Å². The van der Waals surface area contributed by atoms with Gasteiger partial charge in [-0.05, 0) is 68.7 Å². The maximum absolute atomic E-state index is 9.72. The van der Waals surface area contributed by atoms with Crippen LogP contribution in [0.5, 0.6) is 5.75 Å². The molecular formula is C17H22N2O. The summed E-state index contributed by atoms with van der Waals surface area (Å²) in [4.78, 5) is 4.55. The molecule has 1 aliphatic rings. The number of aromatic nitrogens is 2. The quantitative estimate of drug-likeness (QED) is 0.929. The first kappa shape index (κ1) is 13.2. The number of rotatable bonds is 3. The maximum Gasteiger partial charge on any atom is 0.118 e. The van der Waals surface area contributed by atoms with Gasteiger partial charge in [0.2, 0.25) is 0 Å². The summed E-state index contributed by atoms with van der Waals surface area (Å²) in [7, 11) is 0. The number of aromatic hydroxyl groups is 1. The van der Waals surface area contributed by atoms with Crippen LogP contribution in [-0.2, 0) is 25.8 Å². The third-order valence-corrected chi connectivity index (χ3v) is 4.39. The zero-order valence-electron chi connectivity index (χ0n) is 12.3. The van der Waals surface area contributed by atoms with E-state index in [9.17, 15) is 5.11 Å². The molecule has 0 radical (unpaired) electrons. The predicted octanol–water partition coefficient (Wildman–Crippen LogP) is 3.33. The third-order valence-electron chi connectivity index (χ3n) is 4.39. The van der Waals surface area contributed by atoms with Gasteiger partial charge in [-0.25, -0.2) is 4.98 Å².